The van der Waals surface area contributed by atoms with Crippen molar-refractivity contribution < 1.29 is 9.47 Å². The topological polar surface area (TPSA) is 55.1 Å². The second-order valence-electron chi connectivity index (χ2n) is 8.39. The summed E-state index contributed by atoms with van der Waals surface area (Å²) >= 11 is 0. The number of nitrogens with zero attached hydrogens (tertiary/aromatic N) is 5. The molecule has 3 heterocycles. The SMILES string of the molecule is CCN1CCN(c2c3c(nc4cc(-c5cc(OC)cc(OC)c5)nn24)CCCC3)CC1. The molecule has 0 N–H and O–H groups in total. The Kier molecular flexibility index (Phi) is 5.44. The third-order valence-electron chi connectivity index (χ3n) is 6.62. The fourth-order valence-corrected chi connectivity index (χ4v) is 4.82. The van der Waals surface area contributed by atoms with Gasteiger partial charge in [0.2, 0.25) is 0 Å². The normalized spacial score (nSPS) is 17.1. The number of hydrogen-bond acceptors (Lipinski definition) is 6. The van der Waals surface area contributed by atoms with Crippen molar-refractivity contribution in [1.29, 1.82) is 0 Å². The summed E-state index contributed by atoms with van der Waals surface area (Å²) in [4.78, 5) is 10.1. The summed E-state index contributed by atoms with van der Waals surface area (Å²) in [6.07, 6.45) is 4.58. The summed E-state index contributed by atoms with van der Waals surface area (Å²) < 4.78 is 13.0. The fourth-order valence-electron chi connectivity index (χ4n) is 4.82. The van der Waals surface area contributed by atoms with Crippen molar-refractivity contribution in [3.8, 4) is 22.8 Å². The van der Waals surface area contributed by atoms with Gasteiger partial charge in [-0.25, -0.2) is 4.98 Å². The number of benzene rings is 1. The standard InChI is InChI=1S/C24H31N5O2/c1-4-27-9-11-28(12-10-27)24-20-7-5-6-8-21(20)25-23-16-22(26-29(23)24)17-13-18(30-2)15-19(14-17)31-3/h13-16H,4-12H2,1-3H3. The number of aryl methyl sites for hydroxylation is 1. The Bertz CT molecular complexity index is 1060. The number of aromatic nitrogens is 3. The van der Waals surface area contributed by atoms with Crippen molar-refractivity contribution in [1.82, 2.24) is 19.5 Å². The molecular formula is C24H31N5O2. The van der Waals surface area contributed by atoms with Gasteiger partial charge in [0.1, 0.15) is 17.3 Å². The van der Waals surface area contributed by atoms with Crippen LogP contribution in [0.1, 0.15) is 31.0 Å². The van der Waals surface area contributed by atoms with Crippen LogP contribution in [0.3, 0.4) is 0 Å². The zero-order valence-corrected chi connectivity index (χ0v) is 18.7. The zero-order chi connectivity index (χ0) is 21.4. The minimum atomic E-state index is 0.759. The first kappa shape index (κ1) is 20.1. The number of piperazine rings is 1. The van der Waals surface area contributed by atoms with E-state index in [-0.39, 0.29) is 0 Å². The molecule has 1 saturated heterocycles. The molecule has 0 saturated carbocycles. The summed E-state index contributed by atoms with van der Waals surface area (Å²) in [5, 5.41) is 5.04. The van der Waals surface area contributed by atoms with Gasteiger partial charge >= 0.3 is 0 Å². The molecule has 31 heavy (non-hydrogen) atoms. The lowest BCUT2D eigenvalue weighted by atomic mass is 9.96. The molecule has 164 valence electrons. The van der Waals surface area contributed by atoms with Gasteiger partial charge in [-0.05, 0) is 44.4 Å². The highest BCUT2D eigenvalue weighted by molar-refractivity contribution is 5.70. The van der Waals surface area contributed by atoms with E-state index in [1.807, 2.05) is 18.2 Å². The maximum atomic E-state index is 5.47. The van der Waals surface area contributed by atoms with Crippen LogP contribution in [-0.2, 0) is 12.8 Å². The molecule has 1 fully saturated rings. The largest absolute Gasteiger partial charge is 0.497 e. The van der Waals surface area contributed by atoms with Crippen LogP contribution in [0.4, 0.5) is 5.82 Å². The van der Waals surface area contributed by atoms with Crippen LogP contribution in [0.25, 0.3) is 16.9 Å². The molecule has 0 bridgehead atoms. The maximum absolute atomic E-state index is 5.47. The Hall–Kier alpha value is -2.80. The second-order valence-corrected chi connectivity index (χ2v) is 8.39. The van der Waals surface area contributed by atoms with E-state index in [0.29, 0.717) is 0 Å². The number of ether oxygens (including phenoxy) is 2. The molecule has 0 atom stereocenters. The molecule has 0 amide bonds. The summed E-state index contributed by atoms with van der Waals surface area (Å²) in [5.41, 5.74) is 5.43. The van der Waals surface area contributed by atoms with Gasteiger partial charge in [0.15, 0.2) is 5.65 Å². The van der Waals surface area contributed by atoms with Crippen molar-refractivity contribution in [3.63, 3.8) is 0 Å². The number of likely N-dealkylation sites (N-methyl/N-ethyl adjacent to an activating group) is 1. The molecule has 0 spiro atoms. The number of hydrogen-bond donors (Lipinski definition) is 0. The van der Waals surface area contributed by atoms with Gasteiger partial charge in [-0.2, -0.15) is 9.61 Å². The van der Waals surface area contributed by atoms with Crippen molar-refractivity contribution in [2.75, 3.05) is 51.8 Å². The Morgan fingerprint density at radius 1 is 0.903 bits per heavy atom. The monoisotopic (exact) mass is 421 g/mol. The minimum absolute atomic E-state index is 0.759. The molecule has 0 radical (unpaired) electrons. The number of anilines is 1. The van der Waals surface area contributed by atoms with Crippen LogP contribution in [0.15, 0.2) is 24.3 Å². The highest BCUT2D eigenvalue weighted by Gasteiger charge is 2.26. The van der Waals surface area contributed by atoms with Gasteiger partial charge in [0.05, 0.1) is 19.9 Å². The highest BCUT2D eigenvalue weighted by atomic mass is 16.5. The first-order valence-electron chi connectivity index (χ1n) is 11.3. The fraction of sp³-hybridized carbons (Fsp3) is 0.500. The van der Waals surface area contributed by atoms with E-state index in [1.54, 1.807) is 14.2 Å². The van der Waals surface area contributed by atoms with E-state index >= 15 is 0 Å². The molecule has 1 aliphatic heterocycles. The zero-order valence-electron chi connectivity index (χ0n) is 18.7. The lowest BCUT2D eigenvalue weighted by molar-refractivity contribution is 0.270. The van der Waals surface area contributed by atoms with Gasteiger partial charge in [-0.1, -0.05) is 6.92 Å². The van der Waals surface area contributed by atoms with Gasteiger partial charge in [0, 0.05) is 55.1 Å². The van der Waals surface area contributed by atoms with Crippen LogP contribution in [0.2, 0.25) is 0 Å². The van der Waals surface area contributed by atoms with E-state index in [1.165, 1.54) is 29.9 Å². The molecule has 1 aromatic carbocycles. The molecule has 7 nitrogen and oxygen atoms in total. The summed E-state index contributed by atoms with van der Waals surface area (Å²) in [7, 11) is 3.35. The third-order valence-corrected chi connectivity index (χ3v) is 6.62. The van der Waals surface area contributed by atoms with Crippen LogP contribution in [0, 0.1) is 0 Å². The quantitative estimate of drug-likeness (QED) is 0.629. The van der Waals surface area contributed by atoms with Crippen LogP contribution in [-0.4, -0.2) is 66.4 Å². The van der Waals surface area contributed by atoms with Gasteiger partial charge < -0.3 is 19.3 Å². The Morgan fingerprint density at radius 2 is 1.61 bits per heavy atom. The van der Waals surface area contributed by atoms with E-state index in [9.17, 15) is 0 Å². The maximum Gasteiger partial charge on any atom is 0.158 e. The first-order chi connectivity index (χ1) is 15.2. The molecule has 5 rings (SSSR count). The average Bonchev–Trinajstić information content (AvgIpc) is 3.26. The van der Waals surface area contributed by atoms with Crippen molar-refractivity contribution in [2.45, 2.75) is 32.6 Å². The summed E-state index contributed by atoms with van der Waals surface area (Å²) in [6.45, 7) is 7.60. The number of fused-ring (bicyclic) bond motifs is 2. The van der Waals surface area contributed by atoms with E-state index in [0.717, 1.165) is 74.0 Å². The average molecular weight is 422 g/mol. The Morgan fingerprint density at radius 3 is 2.29 bits per heavy atom. The van der Waals surface area contributed by atoms with E-state index < -0.39 is 0 Å². The van der Waals surface area contributed by atoms with Gasteiger partial charge in [-0.15, -0.1) is 0 Å². The molecular weight excluding hydrogens is 390 g/mol. The molecule has 1 aliphatic carbocycles. The van der Waals surface area contributed by atoms with Gasteiger partial charge in [0.25, 0.3) is 0 Å². The molecule has 2 aliphatic rings. The minimum Gasteiger partial charge on any atom is -0.497 e. The Labute approximate surface area is 183 Å². The van der Waals surface area contributed by atoms with E-state index in [2.05, 4.69) is 27.3 Å². The summed E-state index contributed by atoms with van der Waals surface area (Å²) in [6, 6.07) is 7.98. The van der Waals surface area contributed by atoms with Crippen molar-refractivity contribution >= 4 is 11.5 Å². The third kappa shape index (κ3) is 3.71. The van der Waals surface area contributed by atoms with Crippen LogP contribution < -0.4 is 14.4 Å². The van der Waals surface area contributed by atoms with Gasteiger partial charge in [-0.3, -0.25) is 0 Å². The molecule has 3 aromatic rings. The van der Waals surface area contributed by atoms with E-state index in [4.69, 9.17) is 19.6 Å². The number of methoxy groups -OCH3 is 2. The molecule has 7 heteroatoms. The first-order valence-corrected chi connectivity index (χ1v) is 11.3. The predicted octanol–water partition coefficient (Wildman–Crippen LogP) is 3.43. The second kappa shape index (κ2) is 8.38. The van der Waals surface area contributed by atoms with Crippen molar-refractivity contribution in [2.24, 2.45) is 0 Å². The highest BCUT2D eigenvalue weighted by Crippen LogP contribution is 2.34. The lowest BCUT2D eigenvalue weighted by Crippen LogP contribution is -2.47. The van der Waals surface area contributed by atoms with Crippen molar-refractivity contribution in [3.05, 3.63) is 35.5 Å². The smallest absolute Gasteiger partial charge is 0.158 e. The van der Waals surface area contributed by atoms with Crippen LogP contribution in [0.5, 0.6) is 11.5 Å². The Balaban J connectivity index is 1.63. The van der Waals surface area contributed by atoms with Crippen LogP contribution >= 0.6 is 0 Å². The molecule has 0 unspecified atom stereocenters. The molecule has 2 aromatic heterocycles. The predicted molar refractivity (Wildman–Crippen MR) is 122 cm³/mol. The lowest BCUT2D eigenvalue weighted by Gasteiger charge is -2.37. The summed E-state index contributed by atoms with van der Waals surface area (Å²) in [5.74, 6) is 2.76. The number of rotatable bonds is 5.